The number of aromatic nitrogens is 2. The molecule has 2 N–H and O–H groups in total. The van der Waals surface area contributed by atoms with E-state index in [2.05, 4.69) is 15.3 Å². The van der Waals surface area contributed by atoms with E-state index in [1.807, 2.05) is 13.8 Å². The molecule has 1 aromatic rings. The summed E-state index contributed by atoms with van der Waals surface area (Å²) in [6, 6.07) is 0. The average molecular weight is 266 g/mol. The smallest absolute Gasteiger partial charge is 0.274 e. The maximum Gasteiger partial charge on any atom is 0.274 e. The van der Waals surface area contributed by atoms with E-state index < -0.39 is 5.60 Å². The van der Waals surface area contributed by atoms with Gasteiger partial charge >= 0.3 is 0 Å². The Morgan fingerprint density at radius 2 is 2.05 bits per heavy atom. The molecule has 1 rings (SSSR count). The lowest BCUT2D eigenvalue weighted by Crippen LogP contribution is -2.42. The van der Waals surface area contributed by atoms with E-state index in [4.69, 9.17) is 0 Å². The lowest BCUT2D eigenvalue weighted by Gasteiger charge is -2.27. The molecule has 0 aliphatic carbocycles. The monoisotopic (exact) mass is 266 g/mol. The number of rotatable bonds is 6. The molecule has 1 amide bonds. The molecule has 0 spiro atoms. The van der Waals surface area contributed by atoms with Crippen molar-refractivity contribution in [2.75, 3.05) is 25.0 Å². The molecule has 0 bridgehead atoms. The third kappa shape index (κ3) is 4.82. The second kappa shape index (κ2) is 6.47. The zero-order valence-corrected chi connectivity index (χ0v) is 12.0. The number of nitrogens with zero attached hydrogens (tertiary/aromatic N) is 3. The van der Waals surface area contributed by atoms with E-state index in [1.165, 1.54) is 12.4 Å². The summed E-state index contributed by atoms with van der Waals surface area (Å²) in [6.45, 7) is 8.69. The highest BCUT2D eigenvalue weighted by molar-refractivity contribution is 5.92. The van der Waals surface area contributed by atoms with Crippen LogP contribution in [-0.4, -0.2) is 51.1 Å². The van der Waals surface area contributed by atoms with E-state index >= 15 is 0 Å². The summed E-state index contributed by atoms with van der Waals surface area (Å²) in [5.74, 6) is 0.421. The Balaban J connectivity index is 2.79. The number of hydrogen-bond acceptors (Lipinski definition) is 5. The number of carbonyl (C=O) groups is 1. The van der Waals surface area contributed by atoms with Gasteiger partial charge in [-0.3, -0.25) is 4.79 Å². The number of likely N-dealkylation sites (N-methyl/N-ethyl adjacent to an activating group) is 1. The van der Waals surface area contributed by atoms with E-state index in [-0.39, 0.29) is 18.1 Å². The number of aliphatic hydroxyl groups is 1. The van der Waals surface area contributed by atoms with Crippen molar-refractivity contribution in [3.63, 3.8) is 0 Å². The zero-order chi connectivity index (χ0) is 14.5. The number of hydrogen-bond donors (Lipinski definition) is 2. The Labute approximate surface area is 113 Å². The van der Waals surface area contributed by atoms with Crippen LogP contribution in [-0.2, 0) is 0 Å². The molecule has 0 aliphatic rings. The summed E-state index contributed by atoms with van der Waals surface area (Å²) in [7, 11) is 0. The minimum atomic E-state index is -0.928. The van der Waals surface area contributed by atoms with Crippen LogP contribution in [0.2, 0.25) is 0 Å². The summed E-state index contributed by atoms with van der Waals surface area (Å²) < 4.78 is 0. The lowest BCUT2D eigenvalue weighted by atomic mass is 10.1. The van der Waals surface area contributed by atoms with Crippen LogP contribution < -0.4 is 5.32 Å². The second-order valence-electron chi connectivity index (χ2n) is 4.95. The molecule has 1 aromatic heterocycles. The van der Waals surface area contributed by atoms with Crippen LogP contribution in [0, 0.1) is 0 Å². The van der Waals surface area contributed by atoms with Gasteiger partial charge in [0.05, 0.1) is 18.0 Å². The quantitative estimate of drug-likeness (QED) is 0.807. The first-order valence-corrected chi connectivity index (χ1v) is 6.45. The van der Waals surface area contributed by atoms with E-state index in [0.717, 1.165) is 6.54 Å². The SMILES string of the molecule is CCNc1cnc(C(=O)N(CC)CC(C)(C)O)cn1. The van der Waals surface area contributed by atoms with Gasteiger partial charge in [0.25, 0.3) is 5.91 Å². The zero-order valence-electron chi connectivity index (χ0n) is 12.0. The van der Waals surface area contributed by atoms with E-state index in [0.29, 0.717) is 12.4 Å². The average Bonchev–Trinajstić information content (AvgIpc) is 2.35. The molecule has 0 aromatic carbocycles. The molecule has 106 valence electrons. The fraction of sp³-hybridized carbons (Fsp3) is 0.615. The molecular weight excluding hydrogens is 244 g/mol. The van der Waals surface area contributed by atoms with Gasteiger partial charge in [-0.15, -0.1) is 0 Å². The second-order valence-corrected chi connectivity index (χ2v) is 4.95. The van der Waals surface area contributed by atoms with Gasteiger partial charge in [-0.2, -0.15) is 0 Å². The summed E-state index contributed by atoms with van der Waals surface area (Å²) in [5.41, 5.74) is -0.643. The van der Waals surface area contributed by atoms with Crippen LogP contribution >= 0.6 is 0 Å². The molecule has 0 saturated heterocycles. The predicted molar refractivity (Wildman–Crippen MR) is 74.1 cm³/mol. The van der Waals surface area contributed by atoms with Crippen LogP contribution in [0.4, 0.5) is 5.82 Å². The molecule has 19 heavy (non-hydrogen) atoms. The fourth-order valence-corrected chi connectivity index (χ4v) is 1.67. The fourth-order valence-electron chi connectivity index (χ4n) is 1.67. The van der Waals surface area contributed by atoms with Gasteiger partial charge in [-0.25, -0.2) is 9.97 Å². The molecular formula is C13H22N4O2. The third-order valence-corrected chi connectivity index (χ3v) is 2.48. The van der Waals surface area contributed by atoms with Gasteiger partial charge in [0.1, 0.15) is 11.5 Å². The van der Waals surface area contributed by atoms with Crippen molar-refractivity contribution in [2.24, 2.45) is 0 Å². The highest BCUT2D eigenvalue weighted by atomic mass is 16.3. The summed E-state index contributed by atoms with van der Waals surface area (Å²) in [5, 5.41) is 12.8. The lowest BCUT2D eigenvalue weighted by molar-refractivity contribution is 0.0311. The molecule has 0 unspecified atom stereocenters. The van der Waals surface area contributed by atoms with E-state index in [9.17, 15) is 9.90 Å². The Kier molecular flexibility index (Phi) is 5.23. The largest absolute Gasteiger partial charge is 0.389 e. The van der Waals surface area contributed by atoms with Crippen molar-refractivity contribution in [3.05, 3.63) is 18.1 Å². The molecule has 0 fully saturated rings. The number of amides is 1. The number of nitrogens with one attached hydrogen (secondary N) is 1. The van der Waals surface area contributed by atoms with Gasteiger partial charge in [0.15, 0.2) is 0 Å². The molecule has 1 heterocycles. The first-order valence-electron chi connectivity index (χ1n) is 6.45. The minimum Gasteiger partial charge on any atom is -0.389 e. The first kappa shape index (κ1) is 15.4. The van der Waals surface area contributed by atoms with Crippen LogP contribution in [0.5, 0.6) is 0 Å². The van der Waals surface area contributed by atoms with Crippen LogP contribution in [0.15, 0.2) is 12.4 Å². The van der Waals surface area contributed by atoms with Crippen molar-refractivity contribution in [1.29, 1.82) is 0 Å². The maximum atomic E-state index is 12.2. The maximum absolute atomic E-state index is 12.2. The van der Waals surface area contributed by atoms with Crippen molar-refractivity contribution in [2.45, 2.75) is 33.3 Å². The van der Waals surface area contributed by atoms with Gasteiger partial charge in [-0.1, -0.05) is 0 Å². The third-order valence-electron chi connectivity index (χ3n) is 2.48. The Morgan fingerprint density at radius 3 is 2.47 bits per heavy atom. The van der Waals surface area contributed by atoms with Crippen molar-refractivity contribution in [3.8, 4) is 0 Å². The van der Waals surface area contributed by atoms with Crippen LogP contribution in [0.3, 0.4) is 0 Å². The Hall–Kier alpha value is -1.69. The van der Waals surface area contributed by atoms with Crippen LogP contribution in [0.1, 0.15) is 38.2 Å². The van der Waals surface area contributed by atoms with E-state index in [1.54, 1.807) is 18.7 Å². The molecule has 0 radical (unpaired) electrons. The molecule has 6 heteroatoms. The first-order chi connectivity index (χ1) is 8.87. The predicted octanol–water partition coefficient (Wildman–Crippen LogP) is 1.14. The standard InChI is InChI=1S/C13H22N4O2/c1-5-14-11-8-15-10(7-16-11)12(18)17(6-2)9-13(3,4)19/h7-8,19H,5-6,9H2,1-4H3,(H,14,16). The van der Waals surface area contributed by atoms with Gasteiger partial charge < -0.3 is 15.3 Å². The summed E-state index contributed by atoms with van der Waals surface area (Å²) in [6.07, 6.45) is 2.99. The minimum absolute atomic E-state index is 0.222. The highest BCUT2D eigenvalue weighted by Crippen LogP contribution is 2.09. The summed E-state index contributed by atoms with van der Waals surface area (Å²) in [4.78, 5) is 22.0. The normalized spacial score (nSPS) is 11.2. The van der Waals surface area contributed by atoms with Gasteiger partial charge in [-0.05, 0) is 27.7 Å². The summed E-state index contributed by atoms with van der Waals surface area (Å²) >= 11 is 0. The molecule has 0 saturated carbocycles. The van der Waals surface area contributed by atoms with Crippen molar-refractivity contribution < 1.29 is 9.90 Å². The van der Waals surface area contributed by atoms with Gasteiger partial charge in [0.2, 0.25) is 0 Å². The van der Waals surface area contributed by atoms with Crippen LogP contribution in [0.25, 0.3) is 0 Å². The topological polar surface area (TPSA) is 78.4 Å². The van der Waals surface area contributed by atoms with Gasteiger partial charge in [0, 0.05) is 19.6 Å². The van der Waals surface area contributed by atoms with Crippen molar-refractivity contribution in [1.82, 2.24) is 14.9 Å². The highest BCUT2D eigenvalue weighted by Gasteiger charge is 2.23. The Bertz CT molecular complexity index is 412. The molecule has 0 atom stereocenters. The molecule has 0 aliphatic heterocycles. The Morgan fingerprint density at radius 1 is 1.37 bits per heavy atom. The molecule has 6 nitrogen and oxygen atoms in total. The number of carbonyl (C=O) groups excluding carboxylic acids is 1. The number of anilines is 1. The van der Waals surface area contributed by atoms with Crippen molar-refractivity contribution >= 4 is 11.7 Å².